The summed E-state index contributed by atoms with van der Waals surface area (Å²) in [6.07, 6.45) is 5.84. The molecule has 0 spiro atoms. The van der Waals surface area contributed by atoms with Gasteiger partial charge in [0.25, 0.3) is 0 Å². The molecule has 14 nitrogen and oxygen atoms in total. The molecule has 0 unspecified atom stereocenters. The van der Waals surface area contributed by atoms with Crippen molar-refractivity contribution in [2.24, 2.45) is 21.7 Å². The molecule has 8 N–H and O–H groups in total. The van der Waals surface area contributed by atoms with Crippen LogP contribution in [0.5, 0.6) is 34.5 Å². The van der Waals surface area contributed by atoms with Crippen LogP contribution in [0.25, 0.3) is 0 Å². The van der Waals surface area contributed by atoms with Crippen LogP contribution < -0.4 is 41.3 Å². The van der Waals surface area contributed by atoms with Crippen LogP contribution in [0.3, 0.4) is 0 Å². The fraction of sp³-hybridized carbons (Fsp3) is 0.200. The van der Waals surface area contributed by atoms with Gasteiger partial charge < -0.3 is 40.6 Å². The minimum atomic E-state index is -0.737. The van der Waals surface area contributed by atoms with Crippen molar-refractivity contribution in [1.82, 2.24) is 10.9 Å². The summed E-state index contributed by atoms with van der Waals surface area (Å²) < 4.78 is 25.1. The molecular weight excluding hydrogens is 813 g/mol. The number of nitrogens with zero attached hydrogens (tertiary/aromatic N) is 2. The molecule has 0 atom stereocenters. The van der Waals surface area contributed by atoms with Gasteiger partial charge in [-0.1, -0.05) is 72.8 Å². The number of primary amides is 2. The van der Waals surface area contributed by atoms with Crippen LogP contribution in [0.2, 0.25) is 0 Å². The lowest BCUT2D eigenvalue weighted by atomic mass is 9.91. The largest absolute Gasteiger partial charge is 0.507 e. The Morgan fingerprint density at radius 2 is 0.766 bits per heavy atom. The standard InChI is InChI=1S/C50H50N6O8/c51-49(59)55-53-31-33-15-19-43(20-16-33)61-23-5-25-63-47-39-11-3-13-41(47)29-37-9-2-10-38(46(37)58)30-42-14-4-12-40(28-36-8-1-7-35(27-39)45(36)57)48(42)64-26-6-24-62-44-21-17-34(18-22-44)32-54-56-50(52)60/h1-4,7-22,31-32,57-58H,5-6,23-30H2,(H3,51,55,59)(H3,52,56,60)/b53-31+,54-32+. The molecule has 0 aromatic heterocycles. The third-order valence-electron chi connectivity index (χ3n) is 10.4. The maximum absolute atomic E-state index is 11.8. The molecule has 6 aromatic rings. The van der Waals surface area contributed by atoms with Gasteiger partial charge >= 0.3 is 12.1 Å². The second kappa shape index (κ2) is 21.7. The number of carbonyl (C=O) groups excluding carboxylic acids is 2. The topological polar surface area (TPSA) is 212 Å². The number of urea groups is 2. The van der Waals surface area contributed by atoms with Crippen LogP contribution >= 0.6 is 0 Å². The van der Waals surface area contributed by atoms with E-state index in [4.69, 9.17) is 30.4 Å². The summed E-state index contributed by atoms with van der Waals surface area (Å²) >= 11 is 0. The van der Waals surface area contributed by atoms with E-state index in [9.17, 15) is 19.8 Å². The van der Waals surface area contributed by atoms with E-state index in [0.29, 0.717) is 88.0 Å². The van der Waals surface area contributed by atoms with Gasteiger partial charge in [-0.15, -0.1) is 0 Å². The van der Waals surface area contributed by atoms with E-state index < -0.39 is 12.1 Å². The van der Waals surface area contributed by atoms with Crippen LogP contribution in [0.15, 0.2) is 132 Å². The number of hydrogen-bond acceptors (Lipinski definition) is 10. The average molecular weight is 863 g/mol. The van der Waals surface area contributed by atoms with Gasteiger partial charge in [-0.3, -0.25) is 0 Å². The van der Waals surface area contributed by atoms with Crippen molar-refractivity contribution in [1.29, 1.82) is 0 Å². The SMILES string of the molecule is NC(=O)N/N=C/c1ccc(OCCCOc2c3cccc2Cc2cccc(c2O)Cc2cccc(c2OCCCOc2ccc(/C=N/NC(N)=O)cc2)Cc2cccc(c2O)C3)cc1. The summed E-state index contributed by atoms with van der Waals surface area (Å²) in [6, 6.07) is 36.8. The molecule has 14 heteroatoms. The summed E-state index contributed by atoms with van der Waals surface area (Å²) in [5.74, 6) is 3.22. The number of phenols is 2. The van der Waals surface area contributed by atoms with Crippen molar-refractivity contribution in [3.8, 4) is 34.5 Å². The van der Waals surface area contributed by atoms with Gasteiger partial charge in [0.1, 0.15) is 34.5 Å². The van der Waals surface area contributed by atoms with Crippen LogP contribution in [0, 0.1) is 0 Å². The molecule has 8 bridgehead atoms. The Labute approximate surface area is 371 Å². The Morgan fingerprint density at radius 3 is 1.08 bits per heavy atom. The number of nitrogens with two attached hydrogens (primary N) is 2. The zero-order valence-electron chi connectivity index (χ0n) is 35.2. The lowest BCUT2D eigenvalue weighted by molar-refractivity contribution is 0.245. The Hall–Kier alpha value is -8.00. The number of ether oxygens (including phenoxy) is 4. The van der Waals surface area contributed by atoms with E-state index in [2.05, 4.69) is 21.1 Å². The Bertz CT molecular complexity index is 2350. The molecule has 0 heterocycles. The fourth-order valence-electron chi connectivity index (χ4n) is 7.37. The minimum Gasteiger partial charge on any atom is -0.507 e. The van der Waals surface area contributed by atoms with Gasteiger partial charge in [-0.25, -0.2) is 20.4 Å². The molecule has 0 saturated carbocycles. The monoisotopic (exact) mass is 862 g/mol. The summed E-state index contributed by atoms with van der Waals surface area (Å²) in [5.41, 5.74) is 22.7. The lowest BCUT2D eigenvalue weighted by Crippen LogP contribution is -2.24. The Kier molecular flexibility index (Phi) is 14.9. The number of rotatable bonds is 16. The summed E-state index contributed by atoms with van der Waals surface area (Å²) in [4.78, 5) is 21.7. The quantitative estimate of drug-likeness (QED) is 0.0325. The molecule has 0 saturated heterocycles. The predicted octanol–water partition coefficient (Wildman–Crippen LogP) is 7.47. The molecule has 0 aliphatic heterocycles. The van der Waals surface area contributed by atoms with Crippen LogP contribution in [-0.2, 0) is 25.7 Å². The number of aromatic hydroxyl groups is 2. The number of benzene rings is 6. The number of hydrogen-bond donors (Lipinski definition) is 6. The van der Waals surface area contributed by atoms with Crippen LogP contribution in [0.4, 0.5) is 9.59 Å². The van der Waals surface area contributed by atoms with E-state index in [1.807, 2.05) is 121 Å². The zero-order valence-corrected chi connectivity index (χ0v) is 35.2. The molecule has 64 heavy (non-hydrogen) atoms. The predicted molar refractivity (Wildman–Crippen MR) is 245 cm³/mol. The number of nitrogens with one attached hydrogen (secondary N) is 2. The van der Waals surface area contributed by atoms with Crippen molar-refractivity contribution in [2.75, 3.05) is 26.4 Å². The van der Waals surface area contributed by atoms with Gasteiger partial charge in [0.2, 0.25) is 0 Å². The summed E-state index contributed by atoms with van der Waals surface area (Å²) in [7, 11) is 0. The molecule has 4 amide bonds. The van der Waals surface area contributed by atoms with Crippen molar-refractivity contribution in [3.05, 3.63) is 177 Å². The molecule has 7 rings (SSSR count). The van der Waals surface area contributed by atoms with Gasteiger partial charge in [0, 0.05) is 38.5 Å². The van der Waals surface area contributed by atoms with E-state index in [1.165, 1.54) is 12.4 Å². The number of carbonyl (C=O) groups is 2. The molecule has 0 fully saturated rings. The summed E-state index contributed by atoms with van der Waals surface area (Å²) in [5, 5.41) is 31.2. The maximum Gasteiger partial charge on any atom is 0.332 e. The first-order chi connectivity index (χ1) is 31.2. The fourth-order valence-corrected chi connectivity index (χ4v) is 7.37. The van der Waals surface area contributed by atoms with Crippen molar-refractivity contribution in [2.45, 2.75) is 38.5 Å². The van der Waals surface area contributed by atoms with Crippen molar-refractivity contribution in [3.63, 3.8) is 0 Å². The van der Waals surface area contributed by atoms with Crippen molar-refractivity contribution < 1.29 is 38.7 Å². The Balaban J connectivity index is 1.06. The molecule has 328 valence electrons. The molecular formula is C50H50N6O8. The van der Waals surface area contributed by atoms with Gasteiger partial charge in [0.15, 0.2) is 0 Å². The number of amides is 4. The van der Waals surface area contributed by atoms with Gasteiger partial charge in [0.05, 0.1) is 38.9 Å². The smallest absolute Gasteiger partial charge is 0.332 e. The minimum absolute atomic E-state index is 0.217. The molecule has 1 aliphatic carbocycles. The van der Waals surface area contributed by atoms with E-state index in [0.717, 1.165) is 55.6 Å². The van der Waals surface area contributed by atoms with E-state index in [-0.39, 0.29) is 11.5 Å². The van der Waals surface area contributed by atoms with Crippen LogP contribution in [-0.4, -0.2) is 61.1 Å². The highest BCUT2D eigenvalue weighted by atomic mass is 16.5. The average Bonchev–Trinajstić information content (AvgIpc) is 3.28. The second-order valence-electron chi connectivity index (χ2n) is 15.1. The van der Waals surface area contributed by atoms with Gasteiger partial charge in [-0.05, 0) is 104 Å². The molecule has 6 aromatic carbocycles. The first kappa shape index (κ1) is 44.1. The maximum atomic E-state index is 11.8. The zero-order chi connectivity index (χ0) is 44.7. The van der Waals surface area contributed by atoms with Gasteiger partial charge in [-0.2, -0.15) is 10.2 Å². The first-order valence-corrected chi connectivity index (χ1v) is 20.9. The second-order valence-corrected chi connectivity index (χ2v) is 15.1. The molecule has 0 radical (unpaired) electrons. The van der Waals surface area contributed by atoms with E-state index in [1.54, 1.807) is 0 Å². The number of fused-ring (bicyclic) bond motifs is 8. The third kappa shape index (κ3) is 12.1. The first-order valence-electron chi connectivity index (χ1n) is 20.9. The highest BCUT2D eigenvalue weighted by Gasteiger charge is 2.20. The highest BCUT2D eigenvalue weighted by molar-refractivity contribution is 5.82. The Morgan fingerprint density at radius 1 is 0.469 bits per heavy atom. The summed E-state index contributed by atoms with van der Waals surface area (Å²) in [6.45, 7) is 1.56. The third-order valence-corrected chi connectivity index (χ3v) is 10.4. The number of phenolic OH excluding ortho intramolecular Hbond substituents is 2. The van der Waals surface area contributed by atoms with E-state index >= 15 is 0 Å². The highest BCUT2D eigenvalue weighted by Crippen LogP contribution is 2.38. The van der Waals surface area contributed by atoms with Crippen molar-refractivity contribution >= 4 is 24.5 Å². The molecule has 1 aliphatic rings. The number of hydrazone groups is 2. The normalized spacial score (nSPS) is 12.1. The lowest BCUT2D eigenvalue weighted by Gasteiger charge is -2.20. The number of para-hydroxylation sites is 4. The van der Waals surface area contributed by atoms with Crippen LogP contribution in [0.1, 0.15) is 68.5 Å².